The average molecular weight is 363 g/mol. The Morgan fingerprint density at radius 1 is 1.23 bits per heavy atom. The number of hydrogen-bond donors (Lipinski definition) is 2. The Balaban J connectivity index is 1.79. The number of furan rings is 1. The van der Waals surface area contributed by atoms with Crippen molar-refractivity contribution in [2.24, 2.45) is 0 Å². The van der Waals surface area contributed by atoms with Crippen molar-refractivity contribution in [1.29, 1.82) is 0 Å². The van der Waals surface area contributed by atoms with E-state index in [0.29, 0.717) is 11.1 Å². The molecule has 0 saturated heterocycles. The molecule has 3 rings (SSSR count). The molecule has 134 valence electrons. The van der Waals surface area contributed by atoms with E-state index in [-0.39, 0.29) is 23.6 Å². The number of halogens is 3. The lowest BCUT2D eigenvalue weighted by atomic mass is 10.0. The fraction of sp³-hybridized carbons (Fsp3) is 0.118. The van der Waals surface area contributed by atoms with Crippen molar-refractivity contribution in [3.63, 3.8) is 0 Å². The van der Waals surface area contributed by atoms with E-state index in [0.717, 1.165) is 24.5 Å². The zero-order valence-electron chi connectivity index (χ0n) is 13.1. The van der Waals surface area contributed by atoms with Gasteiger partial charge in [-0.3, -0.25) is 9.89 Å². The second-order valence-electron chi connectivity index (χ2n) is 5.41. The molecule has 3 aromatic rings. The topological polar surface area (TPSA) is 92.0 Å². The molecule has 2 aromatic heterocycles. The van der Waals surface area contributed by atoms with Gasteiger partial charge < -0.3 is 9.52 Å². The number of alkyl halides is 3. The van der Waals surface area contributed by atoms with Crippen LogP contribution >= 0.6 is 0 Å². The van der Waals surface area contributed by atoms with Crippen LogP contribution in [0.3, 0.4) is 0 Å². The quantitative estimate of drug-likeness (QED) is 0.409. The molecular formula is C17H12F3N3O3. The Labute approximate surface area is 145 Å². The summed E-state index contributed by atoms with van der Waals surface area (Å²) in [5, 5.41) is 16.1. The molecule has 9 heteroatoms. The minimum absolute atomic E-state index is 0.0377. The van der Waals surface area contributed by atoms with Gasteiger partial charge >= 0.3 is 6.18 Å². The number of carbonyl (C=O) groups excluding carboxylic acids is 1. The van der Waals surface area contributed by atoms with Crippen LogP contribution in [-0.2, 0) is 12.6 Å². The van der Waals surface area contributed by atoms with Gasteiger partial charge in [0.2, 0.25) is 5.78 Å². The summed E-state index contributed by atoms with van der Waals surface area (Å²) < 4.78 is 42.9. The third kappa shape index (κ3) is 3.82. The highest BCUT2D eigenvalue weighted by atomic mass is 19.4. The summed E-state index contributed by atoms with van der Waals surface area (Å²) in [5.41, 5.74) is 0.630. The van der Waals surface area contributed by atoms with Crippen LogP contribution in [0.1, 0.15) is 32.9 Å². The molecule has 0 bridgehead atoms. The van der Waals surface area contributed by atoms with Gasteiger partial charge in [-0.2, -0.15) is 18.3 Å². The van der Waals surface area contributed by atoms with Crippen LogP contribution in [0, 0.1) is 0 Å². The van der Waals surface area contributed by atoms with Crippen LogP contribution in [0.15, 0.2) is 53.6 Å². The predicted molar refractivity (Wildman–Crippen MR) is 84.3 cm³/mol. The average Bonchev–Trinajstić information content (AvgIpc) is 3.26. The van der Waals surface area contributed by atoms with Crippen LogP contribution in [0.5, 0.6) is 0 Å². The SMILES string of the molecule is O=C(C=C(O)c1cocc1Cc1ccc(C(F)(F)F)cc1)c1ncn[nH]1. The number of aromatic amines is 1. The number of benzene rings is 1. The molecule has 0 spiro atoms. The second kappa shape index (κ2) is 6.87. The van der Waals surface area contributed by atoms with Gasteiger partial charge in [-0.25, -0.2) is 4.98 Å². The molecule has 6 nitrogen and oxygen atoms in total. The van der Waals surface area contributed by atoms with Crippen molar-refractivity contribution in [2.75, 3.05) is 0 Å². The smallest absolute Gasteiger partial charge is 0.416 e. The zero-order chi connectivity index (χ0) is 18.7. The Hall–Kier alpha value is -3.36. The summed E-state index contributed by atoms with van der Waals surface area (Å²) in [4.78, 5) is 15.6. The van der Waals surface area contributed by atoms with Gasteiger partial charge in [0.05, 0.1) is 17.4 Å². The lowest BCUT2D eigenvalue weighted by Gasteiger charge is -2.07. The molecule has 0 fully saturated rings. The van der Waals surface area contributed by atoms with E-state index in [1.54, 1.807) is 0 Å². The van der Waals surface area contributed by atoms with Gasteiger partial charge in [-0.1, -0.05) is 12.1 Å². The summed E-state index contributed by atoms with van der Waals surface area (Å²) in [5.74, 6) is -0.965. The molecule has 2 heterocycles. The normalized spacial score (nSPS) is 12.3. The van der Waals surface area contributed by atoms with E-state index in [9.17, 15) is 23.1 Å². The summed E-state index contributed by atoms with van der Waals surface area (Å²) >= 11 is 0. The minimum atomic E-state index is -4.40. The first kappa shape index (κ1) is 17.5. The monoisotopic (exact) mass is 363 g/mol. The molecule has 0 radical (unpaired) electrons. The maximum absolute atomic E-state index is 12.6. The van der Waals surface area contributed by atoms with Crippen molar-refractivity contribution in [2.45, 2.75) is 12.6 Å². The van der Waals surface area contributed by atoms with E-state index in [1.807, 2.05) is 0 Å². The molecule has 0 aliphatic heterocycles. The fourth-order valence-electron chi connectivity index (χ4n) is 2.31. The zero-order valence-corrected chi connectivity index (χ0v) is 13.1. The van der Waals surface area contributed by atoms with Crippen LogP contribution in [-0.4, -0.2) is 26.1 Å². The maximum atomic E-state index is 12.6. The fourth-order valence-corrected chi connectivity index (χ4v) is 2.31. The number of allylic oxidation sites excluding steroid dienone is 1. The van der Waals surface area contributed by atoms with Crippen molar-refractivity contribution >= 4 is 11.5 Å². The predicted octanol–water partition coefficient (Wildman–Crippen LogP) is 3.79. The molecule has 0 saturated carbocycles. The molecule has 0 aliphatic carbocycles. The third-order valence-electron chi connectivity index (χ3n) is 3.61. The standard InChI is InChI=1S/C17H12F3N3O3/c18-17(19,20)12-3-1-10(2-4-12)5-11-7-26-8-13(11)14(24)6-15(25)16-21-9-22-23-16/h1-4,6-9,24H,5H2,(H,21,22,23). The second-order valence-corrected chi connectivity index (χ2v) is 5.41. The molecule has 2 N–H and O–H groups in total. The summed E-state index contributed by atoms with van der Waals surface area (Å²) in [6, 6.07) is 4.66. The lowest BCUT2D eigenvalue weighted by Crippen LogP contribution is -2.04. The molecule has 1 aromatic carbocycles. The van der Waals surface area contributed by atoms with Gasteiger partial charge in [0, 0.05) is 18.1 Å². The first-order chi connectivity index (χ1) is 12.3. The highest BCUT2D eigenvalue weighted by molar-refractivity contribution is 6.05. The van der Waals surface area contributed by atoms with E-state index < -0.39 is 17.5 Å². The number of aliphatic hydroxyl groups excluding tert-OH is 1. The molecule has 0 amide bonds. The number of aromatic nitrogens is 3. The number of carbonyl (C=O) groups is 1. The van der Waals surface area contributed by atoms with Gasteiger partial charge in [-0.15, -0.1) is 0 Å². The molecule has 0 atom stereocenters. The van der Waals surface area contributed by atoms with Gasteiger partial charge in [0.1, 0.15) is 18.3 Å². The maximum Gasteiger partial charge on any atom is 0.416 e. The van der Waals surface area contributed by atoms with Crippen molar-refractivity contribution in [3.05, 3.63) is 77.3 Å². The number of nitrogens with zero attached hydrogens (tertiary/aromatic N) is 2. The highest BCUT2D eigenvalue weighted by Gasteiger charge is 2.29. The van der Waals surface area contributed by atoms with Gasteiger partial charge in [0.15, 0.2) is 5.82 Å². The largest absolute Gasteiger partial charge is 0.507 e. The first-order valence-corrected chi connectivity index (χ1v) is 7.36. The molecule has 0 unspecified atom stereocenters. The van der Waals surface area contributed by atoms with Crippen molar-refractivity contribution < 1.29 is 27.5 Å². The summed E-state index contributed by atoms with van der Waals surface area (Å²) in [6.45, 7) is 0. The van der Waals surface area contributed by atoms with Gasteiger partial charge in [0.25, 0.3) is 0 Å². The molecule has 0 aliphatic rings. The minimum Gasteiger partial charge on any atom is -0.507 e. The van der Waals surface area contributed by atoms with Crippen molar-refractivity contribution in [3.8, 4) is 0 Å². The Morgan fingerprint density at radius 3 is 2.58 bits per heavy atom. The number of H-pyrrole nitrogens is 1. The first-order valence-electron chi connectivity index (χ1n) is 7.36. The van der Waals surface area contributed by atoms with Crippen LogP contribution in [0.2, 0.25) is 0 Å². The molecule has 26 heavy (non-hydrogen) atoms. The molecular weight excluding hydrogens is 351 g/mol. The summed E-state index contributed by atoms with van der Waals surface area (Å²) in [7, 11) is 0. The van der Waals surface area contributed by atoms with E-state index >= 15 is 0 Å². The number of hydrogen-bond acceptors (Lipinski definition) is 5. The van der Waals surface area contributed by atoms with Crippen LogP contribution in [0.25, 0.3) is 5.76 Å². The highest BCUT2D eigenvalue weighted by Crippen LogP contribution is 2.30. The van der Waals surface area contributed by atoms with E-state index in [1.165, 1.54) is 24.7 Å². The van der Waals surface area contributed by atoms with E-state index in [2.05, 4.69) is 15.2 Å². The number of nitrogens with one attached hydrogen (secondary N) is 1. The van der Waals surface area contributed by atoms with Crippen LogP contribution in [0.4, 0.5) is 13.2 Å². The van der Waals surface area contributed by atoms with Gasteiger partial charge in [-0.05, 0) is 17.7 Å². The number of ketones is 1. The van der Waals surface area contributed by atoms with Crippen LogP contribution < -0.4 is 0 Å². The number of aliphatic hydroxyl groups is 1. The number of rotatable bonds is 5. The summed E-state index contributed by atoms with van der Waals surface area (Å²) in [6.07, 6.45) is 0.544. The Bertz CT molecular complexity index is 926. The third-order valence-corrected chi connectivity index (χ3v) is 3.61. The lowest BCUT2D eigenvalue weighted by molar-refractivity contribution is -0.137. The van der Waals surface area contributed by atoms with Crippen molar-refractivity contribution in [1.82, 2.24) is 15.2 Å². The Morgan fingerprint density at radius 2 is 1.96 bits per heavy atom. The Kier molecular flexibility index (Phi) is 4.61. The van der Waals surface area contributed by atoms with E-state index in [4.69, 9.17) is 4.42 Å².